The summed E-state index contributed by atoms with van der Waals surface area (Å²) in [6, 6.07) is 0.186. The van der Waals surface area contributed by atoms with E-state index in [-0.39, 0.29) is 18.6 Å². The Hall–Kier alpha value is -0.650. The van der Waals surface area contributed by atoms with E-state index in [9.17, 15) is 9.90 Å². The first-order valence-corrected chi connectivity index (χ1v) is 6.89. The number of hydrogen-bond donors (Lipinski definition) is 2. The van der Waals surface area contributed by atoms with Crippen LogP contribution in [0.1, 0.15) is 25.7 Å². The maximum absolute atomic E-state index is 12.0. The fourth-order valence-electron chi connectivity index (χ4n) is 3.22. The van der Waals surface area contributed by atoms with Crippen molar-refractivity contribution in [2.24, 2.45) is 0 Å². The molecule has 2 aliphatic heterocycles. The summed E-state index contributed by atoms with van der Waals surface area (Å²) in [6.07, 6.45) is 3.72. The average Bonchev–Trinajstić information content (AvgIpc) is 2.64. The monoisotopic (exact) mass is 255 g/mol. The van der Waals surface area contributed by atoms with Gasteiger partial charge in [-0.15, -0.1) is 0 Å². The zero-order valence-electron chi connectivity index (χ0n) is 11.5. The number of likely N-dealkylation sites (N-methyl/N-ethyl adjacent to an activating group) is 1. The van der Waals surface area contributed by atoms with Gasteiger partial charge in [0.25, 0.3) is 0 Å². The fraction of sp³-hybridized carbons (Fsp3) is 0.923. The topological polar surface area (TPSA) is 55.8 Å². The lowest BCUT2D eigenvalue weighted by Crippen LogP contribution is -2.59. The van der Waals surface area contributed by atoms with Crippen LogP contribution in [-0.4, -0.2) is 72.7 Å². The Balaban J connectivity index is 2.03. The van der Waals surface area contributed by atoms with E-state index in [0.29, 0.717) is 6.42 Å². The predicted molar refractivity (Wildman–Crippen MR) is 70.3 cm³/mol. The lowest BCUT2D eigenvalue weighted by molar-refractivity contribution is -0.129. The van der Waals surface area contributed by atoms with Crippen LogP contribution in [-0.2, 0) is 4.79 Å². The van der Waals surface area contributed by atoms with Crippen LogP contribution in [0.2, 0.25) is 0 Å². The summed E-state index contributed by atoms with van der Waals surface area (Å²) in [5.41, 5.74) is -0.409. The standard InChI is InChI=1S/C13H25N3O2/c1-15(2)8-6-14-13(10-17)9-12(18)16-7-4-3-5-11(13)16/h11,14,17H,3-10H2,1-2H3. The molecule has 18 heavy (non-hydrogen) atoms. The maximum atomic E-state index is 12.0. The van der Waals surface area contributed by atoms with Gasteiger partial charge in [-0.3, -0.25) is 4.79 Å². The highest BCUT2D eigenvalue weighted by molar-refractivity contribution is 5.81. The van der Waals surface area contributed by atoms with Crippen molar-refractivity contribution in [2.75, 3.05) is 40.3 Å². The van der Waals surface area contributed by atoms with Gasteiger partial charge in [0.15, 0.2) is 0 Å². The molecule has 0 bridgehead atoms. The van der Waals surface area contributed by atoms with Crippen LogP contribution in [0.5, 0.6) is 0 Å². The van der Waals surface area contributed by atoms with Crippen molar-refractivity contribution < 1.29 is 9.90 Å². The summed E-state index contributed by atoms with van der Waals surface area (Å²) >= 11 is 0. The third-order valence-corrected chi connectivity index (χ3v) is 4.25. The highest BCUT2D eigenvalue weighted by Gasteiger charge is 2.51. The number of fused-ring (bicyclic) bond motifs is 1. The summed E-state index contributed by atoms with van der Waals surface area (Å²) in [5.74, 6) is 0.200. The maximum Gasteiger partial charge on any atom is 0.224 e. The summed E-state index contributed by atoms with van der Waals surface area (Å²) in [5, 5.41) is 13.2. The average molecular weight is 255 g/mol. The number of hydrogen-bond acceptors (Lipinski definition) is 4. The van der Waals surface area contributed by atoms with Gasteiger partial charge in [0.05, 0.1) is 18.2 Å². The molecule has 2 saturated heterocycles. The van der Waals surface area contributed by atoms with Crippen molar-refractivity contribution in [1.82, 2.24) is 15.1 Å². The highest BCUT2D eigenvalue weighted by Crippen LogP contribution is 2.35. The number of aliphatic hydroxyl groups excluding tert-OH is 1. The van der Waals surface area contributed by atoms with Crippen LogP contribution >= 0.6 is 0 Å². The number of piperidine rings is 1. The second-order valence-electron chi connectivity index (χ2n) is 5.82. The Labute approximate surface area is 109 Å². The molecule has 2 atom stereocenters. The molecule has 0 aromatic carbocycles. The van der Waals surface area contributed by atoms with Crippen molar-refractivity contribution >= 4 is 5.91 Å². The van der Waals surface area contributed by atoms with E-state index in [4.69, 9.17) is 0 Å². The minimum absolute atomic E-state index is 0.0489. The first-order valence-electron chi connectivity index (χ1n) is 6.89. The number of aliphatic hydroxyl groups is 1. The minimum atomic E-state index is -0.409. The molecule has 2 aliphatic rings. The van der Waals surface area contributed by atoms with Gasteiger partial charge >= 0.3 is 0 Å². The van der Waals surface area contributed by atoms with Gasteiger partial charge in [-0.1, -0.05) is 0 Å². The molecule has 104 valence electrons. The summed E-state index contributed by atoms with van der Waals surface area (Å²) in [7, 11) is 4.06. The molecule has 2 heterocycles. The summed E-state index contributed by atoms with van der Waals surface area (Å²) in [4.78, 5) is 16.1. The number of nitrogens with zero attached hydrogens (tertiary/aromatic N) is 2. The van der Waals surface area contributed by atoms with E-state index < -0.39 is 5.54 Å². The van der Waals surface area contributed by atoms with Gasteiger partial charge in [-0.05, 0) is 33.4 Å². The molecule has 2 N–H and O–H groups in total. The number of rotatable bonds is 5. The van der Waals surface area contributed by atoms with Crippen LogP contribution in [0.25, 0.3) is 0 Å². The van der Waals surface area contributed by atoms with Gasteiger partial charge in [0.2, 0.25) is 5.91 Å². The molecule has 1 amide bonds. The number of carbonyl (C=O) groups is 1. The van der Waals surface area contributed by atoms with E-state index in [1.54, 1.807) is 0 Å². The van der Waals surface area contributed by atoms with Crippen molar-refractivity contribution in [3.8, 4) is 0 Å². The van der Waals surface area contributed by atoms with Crippen LogP contribution in [0.3, 0.4) is 0 Å². The zero-order chi connectivity index (χ0) is 13.2. The SMILES string of the molecule is CN(C)CCNC1(CO)CC(=O)N2CCCCC21. The molecule has 5 heteroatoms. The third-order valence-electron chi connectivity index (χ3n) is 4.25. The van der Waals surface area contributed by atoms with Gasteiger partial charge in [0.1, 0.15) is 0 Å². The first kappa shape index (κ1) is 13.8. The molecular weight excluding hydrogens is 230 g/mol. The van der Waals surface area contributed by atoms with E-state index in [1.807, 2.05) is 19.0 Å². The molecule has 0 aliphatic carbocycles. The van der Waals surface area contributed by atoms with Crippen molar-refractivity contribution in [2.45, 2.75) is 37.3 Å². The van der Waals surface area contributed by atoms with E-state index >= 15 is 0 Å². The zero-order valence-corrected chi connectivity index (χ0v) is 11.5. The van der Waals surface area contributed by atoms with E-state index in [2.05, 4.69) is 10.2 Å². The molecule has 0 aromatic heterocycles. The van der Waals surface area contributed by atoms with Crippen molar-refractivity contribution in [3.63, 3.8) is 0 Å². The van der Waals surface area contributed by atoms with E-state index in [1.165, 1.54) is 0 Å². The van der Waals surface area contributed by atoms with Crippen LogP contribution < -0.4 is 5.32 Å². The number of carbonyl (C=O) groups excluding carboxylic acids is 1. The molecule has 0 aromatic rings. The Morgan fingerprint density at radius 3 is 2.94 bits per heavy atom. The van der Waals surface area contributed by atoms with Crippen molar-refractivity contribution in [3.05, 3.63) is 0 Å². The first-order chi connectivity index (χ1) is 8.59. The minimum Gasteiger partial charge on any atom is -0.394 e. The summed E-state index contributed by atoms with van der Waals surface area (Å²) in [6.45, 7) is 2.64. The van der Waals surface area contributed by atoms with Crippen molar-refractivity contribution in [1.29, 1.82) is 0 Å². The Morgan fingerprint density at radius 1 is 1.50 bits per heavy atom. The molecule has 2 fully saturated rings. The lowest BCUT2D eigenvalue weighted by Gasteiger charge is -2.40. The Bertz CT molecular complexity index is 309. The Morgan fingerprint density at radius 2 is 2.28 bits per heavy atom. The fourth-order valence-corrected chi connectivity index (χ4v) is 3.22. The van der Waals surface area contributed by atoms with Gasteiger partial charge in [-0.25, -0.2) is 0 Å². The molecule has 0 spiro atoms. The molecule has 2 unspecified atom stereocenters. The smallest absolute Gasteiger partial charge is 0.224 e. The second-order valence-corrected chi connectivity index (χ2v) is 5.82. The van der Waals surface area contributed by atoms with Gasteiger partial charge in [-0.2, -0.15) is 0 Å². The number of amides is 1. The second kappa shape index (κ2) is 5.55. The molecule has 5 nitrogen and oxygen atoms in total. The lowest BCUT2D eigenvalue weighted by atomic mass is 9.86. The Kier molecular flexibility index (Phi) is 4.25. The van der Waals surface area contributed by atoms with Crippen LogP contribution in [0.15, 0.2) is 0 Å². The molecule has 2 rings (SSSR count). The predicted octanol–water partition coefficient (Wildman–Crippen LogP) is -0.346. The van der Waals surface area contributed by atoms with Crippen LogP contribution in [0.4, 0.5) is 0 Å². The molecular formula is C13H25N3O2. The third kappa shape index (κ3) is 2.53. The largest absolute Gasteiger partial charge is 0.394 e. The van der Waals surface area contributed by atoms with Gasteiger partial charge < -0.3 is 20.2 Å². The molecule has 0 saturated carbocycles. The normalized spacial score (nSPS) is 32.1. The van der Waals surface area contributed by atoms with Gasteiger partial charge in [0, 0.05) is 26.1 Å². The molecule has 0 radical (unpaired) electrons. The van der Waals surface area contributed by atoms with E-state index in [0.717, 1.165) is 38.9 Å². The highest BCUT2D eigenvalue weighted by atomic mass is 16.3. The van der Waals surface area contributed by atoms with Crippen LogP contribution in [0, 0.1) is 0 Å². The number of nitrogens with one attached hydrogen (secondary N) is 1. The quantitative estimate of drug-likeness (QED) is 0.705. The summed E-state index contributed by atoms with van der Waals surface area (Å²) < 4.78 is 0.